The second kappa shape index (κ2) is 16.6. The zero-order valence-corrected chi connectivity index (χ0v) is 14.5. The predicted octanol–water partition coefficient (Wildman–Crippen LogP) is 7.59. The first-order valence-electron chi connectivity index (χ1n) is 9.21. The number of rotatable bonds is 14. The van der Waals surface area contributed by atoms with Gasteiger partial charge in [-0.05, 0) is 44.3 Å². The van der Waals surface area contributed by atoms with Gasteiger partial charge in [-0.3, -0.25) is 0 Å². The normalized spacial score (nSPS) is 10.3. The highest BCUT2D eigenvalue weighted by Crippen LogP contribution is 2.11. The summed E-state index contributed by atoms with van der Waals surface area (Å²) in [5.74, 6) is 0. The van der Waals surface area contributed by atoms with Crippen LogP contribution in [0.3, 0.4) is 0 Å². The standard InChI is InChI=1S/C20H38/c1-4-6-8-10-12-13-15-17-19-20(3)18-16-14-11-9-7-5-2/h17H,4-16,18H2,1-3H3. The molecule has 0 radical (unpaired) electrons. The van der Waals surface area contributed by atoms with Crippen LogP contribution in [0.15, 0.2) is 17.4 Å². The smallest absolute Gasteiger partial charge is 0.0247 e. The van der Waals surface area contributed by atoms with Crippen LogP contribution < -0.4 is 0 Å². The molecule has 0 aromatic rings. The lowest BCUT2D eigenvalue weighted by atomic mass is 10.1. The van der Waals surface area contributed by atoms with E-state index in [-0.39, 0.29) is 0 Å². The third-order valence-electron chi connectivity index (χ3n) is 3.96. The zero-order chi connectivity index (χ0) is 14.9. The van der Waals surface area contributed by atoms with E-state index in [0.29, 0.717) is 0 Å². The molecule has 0 aliphatic rings. The molecule has 0 spiro atoms. The van der Waals surface area contributed by atoms with Gasteiger partial charge in [0.25, 0.3) is 0 Å². The fourth-order valence-corrected chi connectivity index (χ4v) is 2.52. The minimum atomic E-state index is 1.22. The molecule has 0 nitrogen and oxygen atoms in total. The summed E-state index contributed by atoms with van der Waals surface area (Å²) < 4.78 is 0. The SMILES string of the molecule is CCCCCCCCC=C=C(C)CCCCCCCC. The maximum atomic E-state index is 3.48. The highest BCUT2D eigenvalue weighted by atomic mass is 14.0. The molecule has 0 atom stereocenters. The molecule has 0 heterocycles. The molecule has 0 unspecified atom stereocenters. The predicted molar refractivity (Wildman–Crippen MR) is 93.3 cm³/mol. The van der Waals surface area contributed by atoms with Crippen molar-refractivity contribution in [3.8, 4) is 0 Å². The van der Waals surface area contributed by atoms with Crippen molar-refractivity contribution >= 4 is 0 Å². The highest BCUT2D eigenvalue weighted by molar-refractivity contribution is 4.97. The van der Waals surface area contributed by atoms with Gasteiger partial charge in [0, 0.05) is 0 Å². The molecule has 0 aliphatic carbocycles. The van der Waals surface area contributed by atoms with Crippen molar-refractivity contribution in [1.82, 2.24) is 0 Å². The van der Waals surface area contributed by atoms with E-state index in [1.54, 1.807) is 0 Å². The van der Waals surface area contributed by atoms with Crippen LogP contribution >= 0.6 is 0 Å². The van der Waals surface area contributed by atoms with E-state index in [4.69, 9.17) is 0 Å². The Hall–Kier alpha value is -0.480. The van der Waals surface area contributed by atoms with Gasteiger partial charge in [-0.25, -0.2) is 0 Å². The van der Waals surface area contributed by atoms with Crippen LogP contribution in [0.25, 0.3) is 0 Å². The first-order chi connectivity index (χ1) is 9.81. The molecule has 0 fully saturated rings. The topological polar surface area (TPSA) is 0 Å². The van der Waals surface area contributed by atoms with Gasteiger partial charge in [-0.2, -0.15) is 0 Å². The molecular formula is C20H38. The van der Waals surface area contributed by atoms with Crippen LogP contribution in [-0.2, 0) is 0 Å². The Balaban J connectivity index is 3.40. The van der Waals surface area contributed by atoms with Crippen LogP contribution in [0.5, 0.6) is 0 Å². The molecule has 0 aromatic carbocycles. The van der Waals surface area contributed by atoms with Crippen LogP contribution in [-0.4, -0.2) is 0 Å². The van der Waals surface area contributed by atoms with Crippen LogP contribution in [0, 0.1) is 0 Å². The minimum absolute atomic E-state index is 1.22. The first kappa shape index (κ1) is 19.5. The molecule has 0 aromatic heterocycles. The Labute approximate surface area is 128 Å². The van der Waals surface area contributed by atoms with Gasteiger partial charge < -0.3 is 0 Å². The largest absolute Gasteiger partial charge is 0.126 e. The van der Waals surface area contributed by atoms with Crippen molar-refractivity contribution in [1.29, 1.82) is 0 Å². The quantitative estimate of drug-likeness (QED) is 0.227. The van der Waals surface area contributed by atoms with E-state index in [9.17, 15) is 0 Å². The molecule has 0 aliphatic heterocycles. The van der Waals surface area contributed by atoms with Gasteiger partial charge in [0.2, 0.25) is 0 Å². The maximum Gasteiger partial charge on any atom is -0.0247 e. The molecule has 0 heteroatoms. The summed E-state index contributed by atoms with van der Waals surface area (Å²) in [6.07, 6.45) is 21.4. The Bertz CT molecular complexity index is 243. The van der Waals surface area contributed by atoms with E-state index in [1.807, 2.05) is 0 Å². The zero-order valence-electron chi connectivity index (χ0n) is 14.5. The first-order valence-corrected chi connectivity index (χ1v) is 9.21. The number of unbranched alkanes of at least 4 members (excludes halogenated alkanes) is 11. The summed E-state index contributed by atoms with van der Waals surface area (Å²) in [6.45, 7) is 6.80. The molecule has 0 amide bonds. The number of hydrogen-bond acceptors (Lipinski definition) is 0. The van der Waals surface area contributed by atoms with E-state index in [0.717, 1.165) is 0 Å². The van der Waals surface area contributed by atoms with Crippen LogP contribution in [0.2, 0.25) is 0 Å². The second-order valence-corrected chi connectivity index (χ2v) is 6.20. The average Bonchev–Trinajstić information content (AvgIpc) is 2.45. The lowest BCUT2D eigenvalue weighted by Crippen LogP contribution is -1.80. The Morgan fingerprint density at radius 3 is 1.80 bits per heavy atom. The Kier molecular flexibility index (Phi) is 16.2. The Morgan fingerprint density at radius 2 is 1.20 bits per heavy atom. The van der Waals surface area contributed by atoms with E-state index in [2.05, 4.69) is 32.6 Å². The average molecular weight is 279 g/mol. The van der Waals surface area contributed by atoms with Crippen molar-refractivity contribution in [3.05, 3.63) is 17.4 Å². The van der Waals surface area contributed by atoms with Gasteiger partial charge in [0.15, 0.2) is 0 Å². The third kappa shape index (κ3) is 15.6. The second-order valence-electron chi connectivity index (χ2n) is 6.20. The van der Waals surface area contributed by atoms with E-state index in [1.165, 1.54) is 95.5 Å². The van der Waals surface area contributed by atoms with Crippen molar-refractivity contribution in [2.75, 3.05) is 0 Å². The summed E-state index contributed by atoms with van der Waals surface area (Å²) >= 11 is 0. The van der Waals surface area contributed by atoms with Crippen LogP contribution in [0.4, 0.5) is 0 Å². The molecule has 0 N–H and O–H groups in total. The van der Waals surface area contributed by atoms with E-state index >= 15 is 0 Å². The Morgan fingerprint density at radius 1 is 0.700 bits per heavy atom. The summed E-state index contributed by atoms with van der Waals surface area (Å²) in [5.41, 5.74) is 4.93. The van der Waals surface area contributed by atoms with Gasteiger partial charge in [-0.15, -0.1) is 5.73 Å². The number of hydrogen-bond donors (Lipinski definition) is 0. The summed E-state index contributed by atoms with van der Waals surface area (Å²) in [7, 11) is 0. The summed E-state index contributed by atoms with van der Waals surface area (Å²) in [5, 5.41) is 0. The minimum Gasteiger partial charge on any atom is -0.126 e. The third-order valence-corrected chi connectivity index (χ3v) is 3.96. The fraction of sp³-hybridized carbons (Fsp3) is 0.850. The molecule has 0 rings (SSSR count). The van der Waals surface area contributed by atoms with Crippen molar-refractivity contribution in [3.63, 3.8) is 0 Å². The van der Waals surface area contributed by atoms with Crippen molar-refractivity contribution < 1.29 is 0 Å². The highest BCUT2D eigenvalue weighted by Gasteiger charge is 1.92. The lowest BCUT2D eigenvalue weighted by molar-refractivity contribution is 0.606. The molecule has 118 valence electrons. The summed E-state index contributed by atoms with van der Waals surface area (Å²) in [4.78, 5) is 0. The number of allylic oxidation sites excluding steroid dienone is 1. The fourth-order valence-electron chi connectivity index (χ4n) is 2.52. The monoisotopic (exact) mass is 278 g/mol. The molecular weight excluding hydrogens is 240 g/mol. The van der Waals surface area contributed by atoms with Gasteiger partial charge in [-0.1, -0.05) is 78.1 Å². The van der Waals surface area contributed by atoms with Gasteiger partial charge in [0.1, 0.15) is 0 Å². The summed E-state index contributed by atoms with van der Waals surface area (Å²) in [6, 6.07) is 0. The molecule has 20 heavy (non-hydrogen) atoms. The van der Waals surface area contributed by atoms with Gasteiger partial charge in [0.05, 0.1) is 0 Å². The lowest BCUT2D eigenvalue weighted by Gasteiger charge is -2.00. The molecule has 0 saturated heterocycles. The molecule has 0 saturated carbocycles. The van der Waals surface area contributed by atoms with Gasteiger partial charge >= 0.3 is 0 Å². The van der Waals surface area contributed by atoms with Crippen molar-refractivity contribution in [2.45, 2.75) is 111 Å². The maximum absolute atomic E-state index is 3.48. The van der Waals surface area contributed by atoms with Crippen LogP contribution in [0.1, 0.15) is 111 Å². The van der Waals surface area contributed by atoms with Crippen molar-refractivity contribution in [2.24, 2.45) is 0 Å². The molecule has 0 bridgehead atoms. The van der Waals surface area contributed by atoms with E-state index < -0.39 is 0 Å².